The van der Waals surface area contributed by atoms with E-state index in [1.54, 1.807) is 11.6 Å². The highest BCUT2D eigenvalue weighted by Crippen LogP contribution is 2.29. The number of hydrogen-bond donors (Lipinski definition) is 2. The molecule has 2 aromatic heterocycles. The lowest BCUT2D eigenvalue weighted by Crippen LogP contribution is -2.32. The van der Waals surface area contributed by atoms with Gasteiger partial charge in [0.1, 0.15) is 5.82 Å². The molecule has 0 saturated heterocycles. The van der Waals surface area contributed by atoms with Gasteiger partial charge in [0.05, 0.1) is 12.1 Å². The molecule has 5 rings (SSSR count). The molecule has 31 heavy (non-hydrogen) atoms. The molecule has 0 unspecified atom stereocenters. The Labute approximate surface area is 182 Å². The smallest absolute Gasteiger partial charge is 0.280 e. The molecule has 2 atom stereocenters. The monoisotopic (exact) mass is 421 g/mol. The topological polar surface area (TPSA) is 85.0 Å². The minimum atomic E-state index is -0.402. The fraction of sp³-hybridized carbons (Fsp3) is 0.542. The Balaban J connectivity index is 1.57. The summed E-state index contributed by atoms with van der Waals surface area (Å²) in [4.78, 5) is 23.0. The Bertz CT molecular complexity index is 1110. The van der Waals surface area contributed by atoms with E-state index in [-0.39, 0.29) is 11.6 Å². The van der Waals surface area contributed by atoms with Gasteiger partial charge in [0.2, 0.25) is 5.95 Å². The Morgan fingerprint density at radius 1 is 1.06 bits per heavy atom. The van der Waals surface area contributed by atoms with E-state index in [9.17, 15) is 9.90 Å². The number of aromatic nitrogens is 4. The summed E-state index contributed by atoms with van der Waals surface area (Å²) in [6.45, 7) is 0.616. The third-order valence-electron chi connectivity index (χ3n) is 6.99. The van der Waals surface area contributed by atoms with E-state index >= 15 is 0 Å². The lowest BCUT2D eigenvalue weighted by molar-refractivity contribution is 0.171. The predicted molar refractivity (Wildman–Crippen MR) is 121 cm³/mol. The van der Waals surface area contributed by atoms with Gasteiger partial charge in [-0.2, -0.15) is 4.98 Å². The molecule has 2 aliphatic rings. The number of nitrogens with zero attached hydrogens (tertiary/aromatic N) is 4. The van der Waals surface area contributed by atoms with Crippen LogP contribution in [0.3, 0.4) is 0 Å². The lowest BCUT2D eigenvalue weighted by atomic mass is 10.0. The van der Waals surface area contributed by atoms with E-state index in [1.807, 2.05) is 18.2 Å². The second kappa shape index (κ2) is 8.46. The lowest BCUT2D eigenvalue weighted by Gasteiger charge is -2.18. The Kier molecular flexibility index (Phi) is 5.52. The molecule has 1 aromatic carbocycles. The molecule has 2 saturated carbocycles. The van der Waals surface area contributed by atoms with Crippen LogP contribution >= 0.6 is 0 Å². The van der Waals surface area contributed by atoms with Crippen molar-refractivity contribution >= 4 is 17.1 Å². The number of imidazole rings is 1. The number of nitrogens with one attached hydrogen (secondary N) is 1. The molecule has 0 aliphatic heterocycles. The van der Waals surface area contributed by atoms with E-state index in [0.717, 1.165) is 37.1 Å². The average Bonchev–Trinajstić information content (AvgIpc) is 3.50. The van der Waals surface area contributed by atoms with Crippen molar-refractivity contribution in [2.24, 2.45) is 13.0 Å². The molecule has 2 N–H and O–H groups in total. The van der Waals surface area contributed by atoms with Crippen molar-refractivity contribution in [3.8, 4) is 0 Å². The molecule has 0 amide bonds. The van der Waals surface area contributed by atoms with Gasteiger partial charge >= 0.3 is 0 Å². The molecule has 7 heteroatoms. The second-order valence-electron chi connectivity index (χ2n) is 9.18. The number of anilines is 1. The molecule has 0 bridgehead atoms. The van der Waals surface area contributed by atoms with Crippen molar-refractivity contribution in [3.05, 3.63) is 52.1 Å². The van der Waals surface area contributed by atoms with Gasteiger partial charge in [-0.25, -0.2) is 4.98 Å². The minimum absolute atomic E-state index is 0.0695. The molecule has 0 spiro atoms. The normalized spacial score (nSPS) is 21.9. The zero-order valence-corrected chi connectivity index (χ0v) is 18.1. The van der Waals surface area contributed by atoms with Gasteiger partial charge < -0.3 is 15.0 Å². The summed E-state index contributed by atoms with van der Waals surface area (Å²) in [5, 5.41) is 13.5. The van der Waals surface area contributed by atoms with Gasteiger partial charge in [-0.15, -0.1) is 0 Å². The van der Waals surface area contributed by atoms with Gasteiger partial charge in [0, 0.05) is 20.0 Å². The Morgan fingerprint density at radius 3 is 2.55 bits per heavy atom. The first-order valence-corrected chi connectivity index (χ1v) is 11.5. The number of fused-ring (bicyclic) bond motifs is 1. The van der Waals surface area contributed by atoms with E-state index in [0.29, 0.717) is 29.6 Å². The predicted octanol–water partition coefficient (Wildman–Crippen LogP) is 3.24. The SMILES string of the molecule is Cn1c(N[C@@H]2CCC[C@H]2O)nc2nc(CC3CCCC3)n(Cc3ccccc3)c2c1=O. The largest absolute Gasteiger partial charge is 0.391 e. The van der Waals surface area contributed by atoms with Gasteiger partial charge in [0.25, 0.3) is 5.56 Å². The van der Waals surface area contributed by atoms with Gasteiger partial charge in [-0.3, -0.25) is 9.36 Å². The maximum absolute atomic E-state index is 13.4. The van der Waals surface area contributed by atoms with Crippen LogP contribution in [0.1, 0.15) is 56.3 Å². The zero-order chi connectivity index (χ0) is 21.4. The zero-order valence-electron chi connectivity index (χ0n) is 18.1. The fourth-order valence-electron chi connectivity index (χ4n) is 5.17. The first kappa shape index (κ1) is 20.2. The van der Waals surface area contributed by atoms with Crippen LogP contribution in [-0.4, -0.2) is 36.4 Å². The summed E-state index contributed by atoms with van der Waals surface area (Å²) in [7, 11) is 1.74. The van der Waals surface area contributed by atoms with Crippen molar-refractivity contribution in [3.63, 3.8) is 0 Å². The highest BCUT2D eigenvalue weighted by atomic mass is 16.3. The summed E-state index contributed by atoms with van der Waals surface area (Å²) in [6.07, 6.45) is 8.14. The highest BCUT2D eigenvalue weighted by molar-refractivity contribution is 5.72. The fourth-order valence-corrected chi connectivity index (χ4v) is 5.17. The summed E-state index contributed by atoms with van der Waals surface area (Å²) in [5.74, 6) is 2.06. The van der Waals surface area contributed by atoms with Gasteiger partial charge in [0.15, 0.2) is 11.2 Å². The Hall–Kier alpha value is -2.67. The van der Waals surface area contributed by atoms with Crippen LogP contribution in [0, 0.1) is 5.92 Å². The molecule has 0 radical (unpaired) electrons. The summed E-state index contributed by atoms with van der Waals surface area (Å²) >= 11 is 0. The van der Waals surface area contributed by atoms with Crippen molar-refractivity contribution < 1.29 is 5.11 Å². The first-order valence-electron chi connectivity index (χ1n) is 11.5. The van der Waals surface area contributed by atoms with E-state index in [2.05, 4.69) is 22.0 Å². The van der Waals surface area contributed by atoms with Crippen LogP contribution in [0.2, 0.25) is 0 Å². The van der Waals surface area contributed by atoms with Crippen molar-refractivity contribution in [1.82, 2.24) is 19.1 Å². The summed E-state index contributed by atoms with van der Waals surface area (Å²) in [6, 6.07) is 10.2. The quantitative estimate of drug-likeness (QED) is 0.638. The Morgan fingerprint density at radius 2 is 1.84 bits per heavy atom. The standard InChI is InChI=1S/C24H31N5O2/c1-28-23(31)21-22(27-24(28)25-18-12-7-13-19(18)30)26-20(14-16-8-5-6-9-16)29(21)15-17-10-3-2-4-11-17/h2-4,10-11,16,18-19,30H,5-9,12-15H2,1H3,(H,25,27)/t18-,19-/m1/s1. The maximum Gasteiger partial charge on any atom is 0.280 e. The minimum Gasteiger partial charge on any atom is -0.391 e. The molecule has 7 nitrogen and oxygen atoms in total. The summed E-state index contributed by atoms with van der Waals surface area (Å²) in [5.41, 5.74) is 2.12. The number of hydrogen-bond acceptors (Lipinski definition) is 5. The molecule has 2 aliphatic carbocycles. The summed E-state index contributed by atoms with van der Waals surface area (Å²) < 4.78 is 3.64. The van der Waals surface area contributed by atoms with Crippen molar-refractivity contribution in [1.29, 1.82) is 0 Å². The number of aliphatic hydroxyl groups is 1. The molecule has 2 fully saturated rings. The van der Waals surface area contributed by atoms with Crippen molar-refractivity contribution in [2.45, 2.75) is 70.1 Å². The number of benzene rings is 1. The highest BCUT2D eigenvalue weighted by Gasteiger charge is 2.27. The number of rotatable bonds is 6. The van der Waals surface area contributed by atoms with E-state index in [1.165, 1.54) is 25.7 Å². The average molecular weight is 422 g/mol. The number of aliphatic hydroxyl groups excluding tert-OH is 1. The molecular formula is C24H31N5O2. The van der Waals surface area contributed by atoms with Gasteiger partial charge in [-0.1, -0.05) is 56.0 Å². The molecular weight excluding hydrogens is 390 g/mol. The molecule has 3 aromatic rings. The van der Waals surface area contributed by atoms with Crippen LogP contribution in [0.15, 0.2) is 35.1 Å². The third kappa shape index (κ3) is 3.99. The third-order valence-corrected chi connectivity index (χ3v) is 6.99. The van der Waals surface area contributed by atoms with Crippen LogP contribution in [0.5, 0.6) is 0 Å². The molecule has 164 valence electrons. The van der Waals surface area contributed by atoms with E-state index < -0.39 is 6.10 Å². The maximum atomic E-state index is 13.4. The first-order chi connectivity index (χ1) is 15.1. The van der Waals surface area contributed by atoms with Crippen LogP contribution in [0.25, 0.3) is 11.2 Å². The van der Waals surface area contributed by atoms with Crippen LogP contribution in [-0.2, 0) is 20.0 Å². The van der Waals surface area contributed by atoms with Crippen LogP contribution < -0.4 is 10.9 Å². The van der Waals surface area contributed by atoms with Crippen molar-refractivity contribution in [2.75, 3.05) is 5.32 Å². The second-order valence-corrected chi connectivity index (χ2v) is 9.18. The van der Waals surface area contributed by atoms with Crippen LogP contribution in [0.4, 0.5) is 5.95 Å². The molecule has 2 heterocycles. The van der Waals surface area contributed by atoms with E-state index in [4.69, 9.17) is 9.97 Å². The van der Waals surface area contributed by atoms with Gasteiger partial charge in [-0.05, 0) is 30.7 Å².